The Hall–Kier alpha value is -3.55. The lowest BCUT2D eigenvalue weighted by Gasteiger charge is -2.17. The molecule has 3 aromatic rings. The second-order valence-corrected chi connectivity index (χ2v) is 6.15. The van der Waals surface area contributed by atoms with Crippen LogP contribution in [0.4, 0.5) is 0 Å². The van der Waals surface area contributed by atoms with Gasteiger partial charge in [0, 0.05) is 6.04 Å². The molecule has 1 heterocycles. The minimum atomic E-state index is -0.970. The molecule has 0 aliphatic rings. The summed E-state index contributed by atoms with van der Waals surface area (Å²) >= 11 is 0. The van der Waals surface area contributed by atoms with Gasteiger partial charge >= 0.3 is 5.97 Å². The number of rotatable bonds is 8. The Labute approximate surface area is 155 Å². The molecule has 0 saturated carbocycles. The molecule has 0 saturated heterocycles. The van der Waals surface area contributed by atoms with Gasteiger partial charge in [-0.2, -0.15) is 0 Å². The van der Waals surface area contributed by atoms with Crippen molar-refractivity contribution in [2.75, 3.05) is 0 Å². The van der Waals surface area contributed by atoms with Gasteiger partial charge in [-0.1, -0.05) is 54.6 Å². The van der Waals surface area contributed by atoms with E-state index in [1.807, 2.05) is 54.6 Å². The van der Waals surface area contributed by atoms with E-state index in [1.54, 1.807) is 0 Å². The SMILES string of the molecule is O=C(O)CC(Cc1ccc(-c2ccccc2)cc1)NC(=O)Cc1nnn[nH]1. The van der Waals surface area contributed by atoms with Crippen LogP contribution in [-0.4, -0.2) is 43.6 Å². The standard InChI is InChI=1S/C19H19N5O3/c25-18(12-17-21-23-24-22-17)20-16(11-19(26)27)10-13-6-8-15(9-7-13)14-4-2-1-3-5-14/h1-9,16H,10-12H2,(H,20,25)(H,26,27)(H,21,22,23,24). The maximum absolute atomic E-state index is 12.1. The number of carbonyl (C=O) groups is 2. The van der Waals surface area contributed by atoms with E-state index in [2.05, 4.69) is 25.9 Å². The second kappa shape index (κ2) is 8.70. The molecule has 27 heavy (non-hydrogen) atoms. The molecule has 0 bridgehead atoms. The summed E-state index contributed by atoms with van der Waals surface area (Å²) in [7, 11) is 0. The maximum Gasteiger partial charge on any atom is 0.305 e. The van der Waals surface area contributed by atoms with Crippen LogP contribution in [0.15, 0.2) is 54.6 Å². The lowest BCUT2D eigenvalue weighted by molar-refractivity contribution is -0.137. The van der Waals surface area contributed by atoms with Gasteiger partial charge in [0.05, 0.1) is 12.8 Å². The van der Waals surface area contributed by atoms with E-state index in [9.17, 15) is 9.59 Å². The molecular formula is C19H19N5O3. The predicted molar refractivity (Wildman–Crippen MR) is 97.6 cm³/mol. The van der Waals surface area contributed by atoms with E-state index in [4.69, 9.17) is 5.11 Å². The second-order valence-electron chi connectivity index (χ2n) is 6.15. The van der Waals surface area contributed by atoms with Gasteiger partial charge in [-0.25, -0.2) is 5.10 Å². The number of carboxylic acids is 1. The summed E-state index contributed by atoms with van der Waals surface area (Å²) in [5.41, 5.74) is 3.14. The third kappa shape index (κ3) is 5.46. The summed E-state index contributed by atoms with van der Waals surface area (Å²) in [5, 5.41) is 24.9. The highest BCUT2D eigenvalue weighted by molar-refractivity contribution is 5.79. The van der Waals surface area contributed by atoms with Gasteiger partial charge in [0.15, 0.2) is 5.82 Å². The monoisotopic (exact) mass is 365 g/mol. The van der Waals surface area contributed by atoms with Crippen LogP contribution in [0, 0.1) is 0 Å². The molecule has 8 nitrogen and oxygen atoms in total. The molecule has 3 N–H and O–H groups in total. The molecular weight excluding hydrogens is 346 g/mol. The topological polar surface area (TPSA) is 121 Å². The first kappa shape index (κ1) is 18.2. The molecule has 0 aliphatic heterocycles. The fourth-order valence-electron chi connectivity index (χ4n) is 2.82. The predicted octanol–water partition coefficient (Wildman–Crippen LogP) is 1.61. The molecule has 1 unspecified atom stereocenters. The number of hydrogen-bond acceptors (Lipinski definition) is 5. The highest BCUT2D eigenvalue weighted by Crippen LogP contribution is 2.20. The summed E-state index contributed by atoms with van der Waals surface area (Å²) in [4.78, 5) is 23.3. The Morgan fingerprint density at radius 3 is 2.37 bits per heavy atom. The highest BCUT2D eigenvalue weighted by Gasteiger charge is 2.18. The number of aliphatic carboxylic acids is 1. The number of carbonyl (C=O) groups excluding carboxylic acids is 1. The van der Waals surface area contributed by atoms with E-state index in [0.29, 0.717) is 12.2 Å². The third-order valence-electron chi connectivity index (χ3n) is 4.05. The van der Waals surface area contributed by atoms with Gasteiger partial charge < -0.3 is 10.4 Å². The minimum absolute atomic E-state index is 0.0317. The van der Waals surface area contributed by atoms with Crippen molar-refractivity contribution in [1.82, 2.24) is 25.9 Å². The number of carboxylic acid groups (broad SMARTS) is 1. The molecule has 0 radical (unpaired) electrons. The van der Waals surface area contributed by atoms with Crippen molar-refractivity contribution in [3.63, 3.8) is 0 Å². The largest absolute Gasteiger partial charge is 0.481 e. The number of tetrazole rings is 1. The zero-order valence-electron chi connectivity index (χ0n) is 14.5. The zero-order chi connectivity index (χ0) is 19.1. The first-order valence-electron chi connectivity index (χ1n) is 8.48. The van der Waals surface area contributed by atoms with Crippen molar-refractivity contribution in [1.29, 1.82) is 0 Å². The van der Waals surface area contributed by atoms with Gasteiger partial charge in [0.2, 0.25) is 5.91 Å². The molecule has 1 aromatic heterocycles. The summed E-state index contributed by atoms with van der Waals surface area (Å²) in [6, 6.07) is 17.3. The highest BCUT2D eigenvalue weighted by atomic mass is 16.4. The number of hydrogen-bond donors (Lipinski definition) is 3. The van der Waals surface area contributed by atoms with Crippen LogP contribution in [0.5, 0.6) is 0 Å². The molecule has 1 amide bonds. The molecule has 8 heteroatoms. The van der Waals surface area contributed by atoms with Crippen molar-refractivity contribution >= 4 is 11.9 Å². The summed E-state index contributed by atoms with van der Waals surface area (Å²) < 4.78 is 0. The van der Waals surface area contributed by atoms with Gasteiger partial charge in [0.1, 0.15) is 0 Å². The lowest BCUT2D eigenvalue weighted by Crippen LogP contribution is -2.39. The smallest absolute Gasteiger partial charge is 0.305 e. The Bertz CT molecular complexity index is 879. The van der Waals surface area contributed by atoms with Gasteiger partial charge in [0.25, 0.3) is 0 Å². The Morgan fingerprint density at radius 1 is 1.04 bits per heavy atom. The number of nitrogens with zero attached hydrogens (tertiary/aromatic N) is 3. The molecule has 2 aromatic carbocycles. The van der Waals surface area contributed by atoms with Crippen molar-refractivity contribution in [2.24, 2.45) is 0 Å². The minimum Gasteiger partial charge on any atom is -0.481 e. The Balaban J connectivity index is 1.65. The van der Waals surface area contributed by atoms with Crippen molar-refractivity contribution in [2.45, 2.75) is 25.3 Å². The van der Waals surface area contributed by atoms with E-state index < -0.39 is 12.0 Å². The van der Waals surface area contributed by atoms with Gasteiger partial charge in [-0.15, -0.1) is 5.10 Å². The van der Waals surface area contributed by atoms with Crippen LogP contribution < -0.4 is 5.32 Å². The van der Waals surface area contributed by atoms with Gasteiger partial charge in [-0.05, 0) is 33.5 Å². The van der Waals surface area contributed by atoms with Crippen LogP contribution in [0.2, 0.25) is 0 Å². The number of benzene rings is 2. The van der Waals surface area contributed by atoms with Gasteiger partial charge in [-0.3, -0.25) is 9.59 Å². The van der Waals surface area contributed by atoms with Crippen LogP contribution in [0.1, 0.15) is 17.8 Å². The van der Waals surface area contributed by atoms with Crippen molar-refractivity contribution < 1.29 is 14.7 Å². The molecule has 1 atom stereocenters. The number of H-pyrrole nitrogens is 1. The summed E-state index contributed by atoms with van der Waals surface area (Å²) in [6.45, 7) is 0. The number of aromatic amines is 1. The van der Waals surface area contributed by atoms with E-state index in [-0.39, 0.29) is 18.7 Å². The summed E-state index contributed by atoms with van der Waals surface area (Å²) in [5.74, 6) is -0.975. The molecule has 0 fully saturated rings. The average molecular weight is 365 g/mol. The Kier molecular flexibility index (Phi) is 5.88. The quantitative estimate of drug-likeness (QED) is 0.558. The Morgan fingerprint density at radius 2 is 1.74 bits per heavy atom. The fourth-order valence-corrected chi connectivity index (χ4v) is 2.82. The molecule has 3 rings (SSSR count). The zero-order valence-corrected chi connectivity index (χ0v) is 14.5. The summed E-state index contributed by atoms with van der Waals surface area (Å²) in [6.07, 6.45) is 0.221. The first-order chi connectivity index (χ1) is 13.1. The van der Waals surface area contributed by atoms with Crippen LogP contribution in [0.25, 0.3) is 11.1 Å². The molecule has 0 spiro atoms. The van der Waals surface area contributed by atoms with E-state index >= 15 is 0 Å². The average Bonchev–Trinajstić information content (AvgIpc) is 3.15. The third-order valence-corrected chi connectivity index (χ3v) is 4.05. The van der Waals surface area contributed by atoms with Crippen LogP contribution in [-0.2, 0) is 22.4 Å². The molecule has 0 aliphatic carbocycles. The number of aromatic nitrogens is 4. The molecule has 138 valence electrons. The lowest BCUT2D eigenvalue weighted by atomic mass is 9.99. The number of amides is 1. The van der Waals surface area contributed by atoms with E-state index in [1.165, 1.54) is 0 Å². The van der Waals surface area contributed by atoms with E-state index in [0.717, 1.165) is 16.7 Å². The van der Waals surface area contributed by atoms with Crippen molar-refractivity contribution in [3.05, 3.63) is 66.0 Å². The first-order valence-corrected chi connectivity index (χ1v) is 8.48. The van der Waals surface area contributed by atoms with Crippen molar-refractivity contribution in [3.8, 4) is 11.1 Å². The van der Waals surface area contributed by atoms with Crippen LogP contribution >= 0.6 is 0 Å². The normalized spacial score (nSPS) is 11.7. The fraction of sp³-hybridized carbons (Fsp3) is 0.211. The number of nitrogens with one attached hydrogen (secondary N) is 2. The maximum atomic E-state index is 12.1. The van der Waals surface area contributed by atoms with Crippen LogP contribution in [0.3, 0.4) is 0 Å².